The maximum absolute atomic E-state index is 8.66. The van der Waals surface area contributed by atoms with Gasteiger partial charge in [0, 0.05) is 6.54 Å². The summed E-state index contributed by atoms with van der Waals surface area (Å²) in [6.07, 6.45) is 2.32. The molecule has 0 saturated carbocycles. The van der Waals surface area contributed by atoms with Gasteiger partial charge in [0.2, 0.25) is 0 Å². The predicted octanol–water partition coefficient (Wildman–Crippen LogP) is 0.536. The molecule has 3 heteroatoms. The fourth-order valence-electron chi connectivity index (χ4n) is 1.74. The van der Waals surface area contributed by atoms with Crippen LogP contribution < -0.4 is 0 Å². The van der Waals surface area contributed by atoms with Crippen LogP contribution in [0.4, 0.5) is 0 Å². The SMILES string of the molecule is N#CC1CON2CCCC12. The maximum Gasteiger partial charge on any atom is 0.0895 e. The molecule has 0 N–H and O–H groups in total. The first-order valence-corrected chi connectivity index (χ1v) is 3.71. The molecule has 2 unspecified atom stereocenters. The third kappa shape index (κ3) is 0.731. The van der Waals surface area contributed by atoms with E-state index in [0.717, 1.165) is 13.0 Å². The van der Waals surface area contributed by atoms with E-state index < -0.39 is 0 Å². The summed E-state index contributed by atoms with van der Waals surface area (Å²) in [7, 11) is 0. The molecule has 10 heavy (non-hydrogen) atoms. The number of hydroxylamine groups is 2. The number of fused-ring (bicyclic) bond motifs is 1. The van der Waals surface area contributed by atoms with Crippen molar-refractivity contribution in [2.24, 2.45) is 5.92 Å². The van der Waals surface area contributed by atoms with Crippen molar-refractivity contribution in [2.75, 3.05) is 13.2 Å². The average Bonchev–Trinajstić information content (AvgIpc) is 2.44. The van der Waals surface area contributed by atoms with Crippen LogP contribution in [-0.2, 0) is 4.84 Å². The Morgan fingerprint density at radius 2 is 2.50 bits per heavy atom. The molecule has 54 valence electrons. The fraction of sp³-hybridized carbons (Fsp3) is 0.857. The summed E-state index contributed by atoms with van der Waals surface area (Å²) < 4.78 is 0. The van der Waals surface area contributed by atoms with Crippen LogP contribution in [0.1, 0.15) is 12.8 Å². The maximum atomic E-state index is 8.66. The van der Waals surface area contributed by atoms with Crippen molar-refractivity contribution in [1.82, 2.24) is 5.06 Å². The van der Waals surface area contributed by atoms with E-state index in [1.54, 1.807) is 0 Å². The van der Waals surface area contributed by atoms with Crippen LogP contribution in [0.15, 0.2) is 0 Å². The Labute approximate surface area is 60.1 Å². The van der Waals surface area contributed by atoms with Gasteiger partial charge in [-0.05, 0) is 12.8 Å². The summed E-state index contributed by atoms with van der Waals surface area (Å²) in [4.78, 5) is 5.29. The highest BCUT2D eigenvalue weighted by molar-refractivity contribution is 4.97. The second kappa shape index (κ2) is 2.22. The lowest BCUT2D eigenvalue weighted by molar-refractivity contribution is -0.113. The van der Waals surface area contributed by atoms with Crippen molar-refractivity contribution in [2.45, 2.75) is 18.9 Å². The van der Waals surface area contributed by atoms with Gasteiger partial charge in [-0.15, -0.1) is 0 Å². The molecular weight excluding hydrogens is 128 g/mol. The van der Waals surface area contributed by atoms with E-state index in [9.17, 15) is 0 Å². The molecule has 0 bridgehead atoms. The van der Waals surface area contributed by atoms with Crippen molar-refractivity contribution < 1.29 is 4.84 Å². The van der Waals surface area contributed by atoms with E-state index in [1.165, 1.54) is 6.42 Å². The van der Waals surface area contributed by atoms with Crippen LogP contribution in [-0.4, -0.2) is 24.3 Å². The molecule has 3 nitrogen and oxygen atoms in total. The Morgan fingerprint density at radius 1 is 1.60 bits per heavy atom. The van der Waals surface area contributed by atoms with E-state index in [1.807, 2.05) is 5.06 Å². The molecule has 2 aliphatic rings. The molecule has 0 aromatic rings. The molecule has 0 aromatic carbocycles. The second-order valence-electron chi connectivity index (χ2n) is 2.88. The van der Waals surface area contributed by atoms with E-state index in [4.69, 9.17) is 10.1 Å². The van der Waals surface area contributed by atoms with Gasteiger partial charge in [-0.2, -0.15) is 10.3 Å². The van der Waals surface area contributed by atoms with Crippen molar-refractivity contribution >= 4 is 0 Å². The van der Waals surface area contributed by atoms with Crippen LogP contribution in [0.3, 0.4) is 0 Å². The van der Waals surface area contributed by atoms with Gasteiger partial charge >= 0.3 is 0 Å². The molecule has 2 saturated heterocycles. The smallest absolute Gasteiger partial charge is 0.0895 e. The van der Waals surface area contributed by atoms with E-state index in [-0.39, 0.29) is 5.92 Å². The van der Waals surface area contributed by atoms with Gasteiger partial charge in [0.05, 0.1) is 24.6 Å². The number of nitrogens with zero attached hydrogens (tertiary/aromatic N) is 2. The summed E-state index contributed by atoms with van der Waals surface area (Å²) >= 11 is 0. The van der Waals surface area contributed by atoms with Crippen molar-refractivity contribution in [1.29, 1.82) is 5.26 Å². The molecule has 2 heterocycles. The Balaban J connectivity index is 2.10. The normalized spacial score (nSPS) is 39.5. The zero-order chi connectivity index (χ0) is 6.97. The lowest BCUT2D eigenvalue weighted by atomic mass is 10.0. The lowest BCUT2D eigenvalue weighted by Crippen LogP contribution is -2.24. The number of nitriles is 1. The first-order valence-electron chi connectivity index (χ1n) is 3.71. The zero-order valence-electron chi connectivity index (χ0n) is 5.79. The molecule has 0 amide bonds. The Morgan fingerprint density at radius 3 is 3.30 bits per heavy atom. The predicted molar refractivity (Wildman–Crippen MR) is 34.8 cm³/mol. The molecule has 2 atom stereocenters. The minimum atomic E-state index is 0.127. The first kappa shape index (κ1) is 6.14. The van der Waals surface area contributed by atoms with Crippen LogP contribution in [0.5, 0.6) is 0 Å². The van der Waals surface area contributed by atoms with Gasteiger partial charge in [-0.1, -0.05) is 0 Å². The lowest BCUT2D eigenvalue weighted by Gasteiger charge is -2.11. The Bertz CT molecular complexity index is 175. The third-order valence-corrected chi connectivity index (χ3v) is 2.30. The van der Waals surface area contributed by atoms with Crippen molar-refractivity contribution in [3.8, 4) is 6.07 Å². The van der Waals surface area contributed by atoms with Crippen LogP contribution in [0.2, 0.25) is 0 Å². The number of hydrogen-bond donors (Lipinski definition) is 0. The van der Waals surface area contributed by atoms with Crippen LogP contribution in [0, 0.1) is 17.2 Å². The summed E-state index contributed by atoms with van der Waals surface area (Å²) in [5.74, 6) is 0.127. The summed E-state index contributed by atoms with van der Waals surface area (Å²) in [5.41, 5.74) is 0. The highest BCUT2D eigenvalue weighted by atomic mass is 16.7. The van der Waals surface area contributed by atoms with Gasteiger partial charge in [0.25, 0.3) is 0 Å². The summed E-state index contributed by atoms with van der Waals surface area (Å²) in [6, 6.07) is 2.68. The molecular formula is C7H10N2O. The average molecular weight is 138 g/mol. The third-order valence-electron chi connectivity index (χ3n) is 2.30. The second-order valence-corrected chi connectivity index (χ2v) is 2.88. The highest BCUT2D eigenvalue weighted by Crippen LogP contribution is 2.29. The minimum Gasteiger partial charge on any atom is -0.297 e. The summed E-state index contributed by atoms with van der Waals surface area (Å²) in [5, 5.41) is 10.6. The molecule has 0 radical (unpaired) electrons. The largest absolute Gasteiger partial charge is 0.297 e. The van der Waals surface area contributed by atoms with Gasteiger partial charge in [0.1, 0.15) is 0 Å². The fourth-order valence-corrected chi connectivity index (χ4v) is 1.74. The van der Waals surface area contributed by atoms with Gasteiger partial charge < -0.3 is 0 Å². The molecule has 2 fully saturated rings. The highest BCUT2D eigenvalue weighted by Gasteiger charge is 2.38. The van der Waals surface area contributed by atoms with Gasteiger partial charge in [0.15, 0.2) is 0 Å². The standard InChI is InChI=1S/C7H10N2O/c8-4-6-5-10-9-3-1-2-7(6)9/h6-7H,1-3,5H2. The molecule has 0 aromatic heterocycles. The monoisotopic (exact) mass is 138 g/mol. The first-order chi connectivity index (χ1) is 4.92. The molecule has 2 aliphatic heterocycles. The van der Waals surface area contributed by atoms with E-state index >= 15 is 0 Å². The summed E-state index contributed by atoms with van der Waals surface area (Å²) in [6.45, 7) is 1.63. The quantitative estimate of drug-likeness (QED) is 0.490. The zero-order valence-corrected chi connectivity index (χ0v) is 5.79. The Kier molecular flexibility index (Phi) is 1.37. The van der Waals surface area contributed by atoms with Crippen LogP contribution in [0.25, 0.3) is 0 Å². The molecule has 2 rings (SSSR count). The Hall–Kier alpha value is -0.590. The molecule has 0 spiro atoms. The number of rotatable bonds is 0. The van der Waals surface area contributed by atoms with Gasteiger partial charge in [-0.25, -0.2) is 0 Å². The van der Waals surface area contributed by atoms with Crippen LogP contribution >= 0.6 is 0 Å². The number of hydrogen-bond acceptors (Lipinski definition) is 3. The van der Waals surface area contributed by atoms with Gasteiger partial charge in [-0.3, -0.25) is 4.84 Å². The molecule has 0 aliphatic carbocycles. The van der Waals surface area contributed by atoms with E-state index in [2.05, 4.69) is 6.07 Å². The van der Waals surface area contributed by atoms with Crippen molar-refractivity contribution in [3.63, 3.8) is 0 Å². The topological polar surface area (TPSA) is 36.3 Å². The minimum absolute atomic E-state index is 0.127. The van der Waals surface area contributed by atoms with Crippen molar-refractivity contribution in [3.05, 3.63) is 0 Å². The van der Waals surface area contributed by atoms with E-state index in [0.29, 0.717) is 12.6 Å².